The highest BCUT2D eigenvalue weighted by Gasteiger charge is 2.06. The van der Waals surface area contributed by atoms with E-state index >= 15 is 0 Å². The Bertz CT molecular complexity index is 202. The van der Waals surface area contributed by atoms with Gasteiger partial charge in [0.1, 0.15) is 0 Å². The molecule has 1 atom stereocenters. The first kappa shape index (κ1) is 13.1. The van der Waals surface area contributed by atoms with E-state index in [2.05, 4.69) is 16.8 Å². The van der Waals surface area contributed by atoms with Crippen LogP contribution in [0.15, 0.2) is 12.2 Å². The molecule has 0 aliphatic carbocycles. The Kier molecular flexibility index (Phi) is 6.16. The van der Waals surface area contributed by atoms with Crippen molar-refractivity contribution in [1.82, 2.24) is 10.2 Å². The van der Waals surface area contributed by atoms with Crippen LogP contribution in [0.3, 0.4) is 0 Å². The standard InChI is InChI=1S/C10H20N2O2/c1-8(10(13)14)7-11-9(2)5-6-12(3)4/h9,11H,1,5-7H2,2-4H3,(H,13,14). The van der Waals surface area contributed by atoms with Crippen molar-refractivity contribution < 1.29 is 9.90 Å². The van der Waals surface area contributed by atoms with Gasteiger partial charge in [0.25, 0.3) is 0 Å². The zero-order valence-electron chi connectivity index (χ0n) is 9.21. The van der Waals surface area contributed by atoms with Crippen molar-refractivity contribution >= 4 is 5.97 Å². The number of aliphatic carboxylic acids is 1. The number of hydrogen-bond acceptors (Lipinski definition) is 3. The molecule has 0 radical (unpaired) electrons. The average molecular weight is 200 g/mol. The number of rotatable bonds is 7. The van der Waals surface area contributed by atoms with Crippen molar-refractivity contribution in [2.24, 2.45) is 0 Å². The van der Waals surface area contributed by atoms with Gasteiger partial charge in [-0.1, -0.05) is 6.58 Å². The molecule has 0 aliphatic heterocycles. The van der Waals surface area contributed by atoms with E-state index in [1.54, 1.807) is 0 Å². The molecule has 0 saturated carbocycles. The second-order valence-corrected chi connectivity index (χ2v) is 3.78. The summed E-state index contributed by atoms with van der Waals surface area (Å²) >= 11 is 0. The van der Waals surface area contributed by atoms with E-state index in [-0.39, 0.29) is 5.57 Å². The summed E-state index contributed by atoms with van der Waals surface area (Å²) in [4.78, 5) is 12.5. The lowest BCUT2D eigenvalue weighted by atomic mass is 10.2. The summed E-state index contributed by atoms with van der Waals surface area (Å²) in [7, 11) is 4.03. The predicted octanol–water partition coefficient (Wildman–Crippen LogP) is 0.557. The maximum atomic E-state index is 10.4. The van der Waals surface area contributed by atoms with Crippen molar-refractivity contribution in [2.75, 3.05) is 27.2 Å². The van der Waals surface area contributed by atoms with Crippen molar-refractivity contribution in [3.63, 3.8) is 0 Å². The van der Waals surface area contributed by atoms with Crippen LogP contribution in [-0.4, -0.2) is 49.2 Å². The number of nitrogens with one attached hydrogen (secondary N) is 1. The molecule has 2 N–H and O–H groups in total. The minimum Gasteiger partial charge on any atom is -0.478 e. The van der Waals surface area contributed by atoms with Crippen LogP contribution in [0.5, 0.6) is 0 Å². The summed E-state index contributed by atoms with van der Waals surface area (Å²) in [5.74, 6) is -0.933. The first-order valence-corrected chi connectivity index (χ1v) is 4.72. The van der Waals surface area contributed by atoms with E-state index in [4.69, 9.17) is 5.11 Å². The fourth-order valence-electron chi connectivity index (χ4n) is 0.927. The summed E-state index contributed by atoms with van der Waals surface area (Å²) in [6.45, 7) is 6.83. The number of carboxylic acids is 1. The van der Waals surface area contributed by atoms with Gasteiger partial charge in [-0.15, -0.1) is 0 Å². The van der Waals surface area contributed by atoms with Crippen molar-refractivity contribution in [3.05, 3.63) is 12.2 Å². The Balaban J connectivity index is 3.58. The van der Waals surface area contributed by atoms with Crippen LogP contribution in [0.4, 0.5) is 0 Å². The second-order valence-electron chi connectivity index (χ2n) is 3.78. The maximum Gasteiger partial charge on any atom is 0.332 e. The first-order valence-electron chi connectivity index (χ1n) is 4.72. The molecule has 0 fully saturated rings. The highest BCUT2D eigenvalue weighted by atomic mass is 16.4. The summed E-state index contributed by atoms with van der Waals surface area (Å²) < 4.78 is 0. The van der Waals surface area contributed by atoms with Gasteiger partial charge in [-0.2, -0.15) is 0 Å². The van der Waals surface area contributed by atoms with Crippen LogP contribution in [0.2, 0.25) is 0 Å². The lowest BCUT2D eigenvalue weighted by Crippen LogP contribution is -2.32. The summed E-state index contributed by atoms with van der Waals surface area (Å²) in [5, 5.41) is 11.7. The molecule has 0 spiro atoms. The van der Waals surface area contributed by atoms with E-state index in [0.29, 0.717) is 12.6 Å². The van der Waals surface area contributed by atoms with Crippen molar-refractivity contribution in [1.29, 1.82) is 0 Å². The molecule has 4 heteroatoms. The monoisotopic (exact) mass is 200 g/mol. The van der Waals surface area contributed by atoms with Crippen molar-refractivity contribution in [2.45, 2.75) is 19.4 Å². The Morgan fingerprint density at radius 3 is 2.57 bits per heavy atom. The third-order valence-corrected chi connectivity index (χ3v) is 1.98. The number of hydrogen-bond donors (Lipinski definition) is 2. The second kappa shape index (κ2) is 6.56. The molecule has 4 nitrogen and oxygen atoms in total. The average Bonchev–Trinajstić information content (AvgIpc) is 2.10. The first-order chi connectivity index (χ1) is 6.43. The van der Waals surface area contributed by atoms with Crippen LogP contribution in [-0.2, 0) is 4.79 Å². The number of nitrogens with zero attached hydrogens (tertiary/aromatic N) is 1. The van der Waals surface area contributed by atoms with Gasteiger partial charge < -0.3 is 15.3 Å². The third-order valence-electron chi connectivity index (χ3n) is 1.98. The molecule has 0 heterocycles. The molecule has 0 rings (SSSR count). The van der Waals surface area contributed by atoms with Gasteiger partial charge in [0.2, 0.25) is 0 Å². The third kappa shape index (κ3) is 6.62. The molecule has 0 amide bonds. The van der Waals surface area contributed by atoms with E-state index in [0.717, 1.165) is 13.0 Å². The smallest absolute Gasteiger partial charge is 0.332 e. The normalized spacial score (nSPS) is 12.9. The van der Waals surface area contributed by atoms with Crippen LogP contribution in [0.1, 0.15) is 13.3 Å². The maximum absolute atomic E-state index is 10.4. The molecule has 1 unspecified atom stereocenters. The molecule has 0 aromatic carbocycles. The molecule has 0 aromatic heterocycles. The Labute approximate surface area is 85.6 Å². The van der Waals surface area contributed by atoms with Gasteiger partial charge in [-0.05, 0) is 34.0 Å². The van der Waals surface area contributed by atoms with Gasteiger partial charge in [-0.25, -0.2) is 4.79 Å². The van der Waals surface area contributed by atoms with Gasteiger partial charge in [0.05, 0.1) is 0 Å². The van der Waals surface area contributed by atoms with Crippen molar-refractivity contribution in [3.8, 4) is 0 Å². The molecule has 0 bridgehead atoms. The molecule has 0 aliphatic rings. The van der Waals surface area contributed by atoms with E-state index in [9.17, 15) is 4.79 Å². The molecule has 82 valence electrons. The molecule has 14 heavy (non-hydrogen) atoms. The van der Waals surface area contributed by atoms with Crippen LogP contribution < -0.4 is 5.32 Å². The molecule has 0 aromatic rings. The fourth-order valence-corrected chi connectivity index (χ4v) is 0.927. The van der Waals surface area contributed by atoms with E-state index in [1.165, 1.54) is 0 Å². The zero-order valence-corrected chi connectivity index (χ0v) is 9.21. The van der Waals surface area contributed by atoms with Gasteiger partial charge in [0, 0.05) is 18.2 Å². The molecular formula is C10H20N2O2. The van der Waals surface area contributed by atoms with E-state index < -0.39 is 5.97 Å². The summed E-state index contributed by atoms with van der Waals surface area (Å²) in [6, 6.07) is 0.313. The summed E-state index contributed by atoms with van der Waals surface area (Å²) in [6.07, 6.45) is 1.000. The Morgan fingerprint density at radius 2 is 2.14 bits per heavy atom. The van der Waals surface area contributed by atoms with E-state index in [1.807, 2.05) is 21.0 Å². The number of carboxylic acid groups (broad SMARTS) is 1. The van der Waals surface area contributed by atoms with Crippen LogP contribution in [0.25, 0.3) is 0 Å². The zero-order chi connectivity index (χ0) is 11.1. The fraction of sp³-hybridized carbons (Fsp3) is 0.700. The SMILES string of the molecule is C=C(CNC(C)CCN(C)C)C(=O)O. The lowest BCUT2D eigenvalue weighted by Gasteiger charge is -2.16. The molecular weight excluding hydrogens is 180 g/mol. The van der Waals surface area contributed by atoms with Crippen LogP contribution >= 0.6 is 0 Å². The molecule has 0 saturated heterocycles. The highest BCUT2D eigenvalue weighted by molar-refractivity contribution is 5.86. The van der Waals surface area contributed by atoms with Crippen LogP contribution in [0, 0.1) is 0 Å². The lowest BCUT2D eigenvalue weighted by molar-refractivity contribution is -0.132. The van der Waals surface area contributed by atoms with Gasteiger partial charge in [-0.3, -0.25) is 0 Å². The van der Waals surface area contributed by atoms with Gasteiger partial charge in [0.15, 0.2) is 0 Å². The Hall–Kier alpha value is -0.870. The quantitative estimate of drug-likeness (QED) is 0.590. The minimum atomic E-state index is -0.933. The highest BCUT2D eigenvalue weighted by Crippen LogP contribution is 1.94. The summed E-state index contributed by atoms with van der Waals surface area (Å²) in [5.41, 5.74) is 0.210. The predicted molar refractivity (Wildman–Crippen MR) is 57.4 cm³/mol. The number of carbonyl (C=O) groups is 1. The van der Waals surface area contributed by atoms with Gasteiger partial charge >= 0.3 is 5.97 Å². The largest absolute Gasteiger partial charge is 0.478 e. The topological polar surface area (TPSA) is 52.6 Å². The minimum absolute atomic E-state index is 0.210. The Morgan fingerprint density at radius 1 is 1.57 bits per heavy atom.